The molecule has 0 aliphatic carbocycles. The van der Waals surface area contributed by atoms with Crippen LogP contribution in [0.1, 0.15) is 0 Å². The molecule has 0 bridgehead atoms. The first-order valence-electron chi connectivity index (χ1n) is 4.47. The van der Waals surface area contributed by atoms with Crippen molar-refractivity contribution in [2.45, 2.75) is 0 Å². The van der Waals surface area contributed by atoms with Crippen molar-refractivity contribution < 1.29 is 4.39 Å². The minimum absolute atomic E-state index is 0.289. The minimum Gasteiger partial charge on any atom is -0.380 e. The van der Waals surface area contributed by atoms with Crippen molar-refractivity contribution in [1.29, 1.82) is 0 Å². The van der Waals surface area contributed by atoms with E-state index in [1.54, 1.807) is 30.1 Å². The molecule has 0 fully saturated rings. The Morgan fingerprint density at radius 1 is 1.47 bits per heavy atom. The molecule has 0 spiro atoms. The van der Waals surface area contributed by atoms with Crippen molar-refractivity contribution in [2.75, 3.05) is 11.1 Å². The molecule has 0 aliphatic rings. The van der Waals surface area contributed by atoms with Crippen LogP contribution in [0.3, 0.4) is 0 Å². The maximum Gasteiger partial charge on any atom is 0.169 e. The summed E-state index contributed by atoms with van der Waals surface area (Å²) in [5.74, 6) is 0.101. The molecule has 1 aromatic heterocycles. The van der Waals surface area contributed by atoms with E-state index in [0.29, 0.717) is 17.2 Å². The number of anilines is 3. The molecule has 2 rings (SSSR count). The highest BCUT2D eigenvalue weighted by molar-refractivity contribution is 5.68. The van der Waals surface area contributed by atoms with Gasteiger partial charge in [0.1, 0.15) is 11.5 Å². The first-order chi connectivity index (χ1) is 7.15. The summed E-state index contributed by atoms with van der Waals surface area (Å²) < 4.78 is 14.5. The van der Waals surface area contributed by atoms with E-state index in [1.807, 2.05) is 0 Å². The average molecular weight is 206 g/mol. The molecule has 2 aromatic rings. The van der Waals surface area contributed by atoms with E-state index in [-0.39, 0.29) is 5.82 Å². The first-order valence-corrected chi connectivity index (χ1v) is 4.47. The lowest BCUT2D eigenvalue weighted by molar-refractivity contribution is 0.628. The van der Waals surface area contributed by atoms with Gasteiger partial charge >= 0.3 is 0 Å². The van der Waals surface area contributed by atoms with Gasteiger partial charge in [-0.2, -0.15) is 5.10 Å². The third-order valence-corrected chi connectivity index (χ3v) is 1.96. The number of nitrogens with one attached hydrogen (secondary N) is 1. The van der Waals surface area contributed by atoms with Gasteiger partial charge in [-0.15, -0.1) is 0 Å². The summed E-state index contributed by atoms with van der Waals surface area (Å²) in [4.78, 5) is 0. The lowest BCUT2D eigenvalue weighted by Crippen LogP contribution is -1.94. The van der Waals surface area contributed by atoms with E-state index in [9.17, 15) is 4.39 Å². The van der Waals surface area contributed by atoms with Crippen LogP contribution < -0.4 is 11.1 Å². The van der Waals surface area contributed by atoms with Crippen molar-refractivity contribution in [3.63, 3.8) is 0 Å². The average Bonchev–Trinajstić information content (AvgIpc) is 2.45. The maximum absolute atomic E-state index is 12.9. The highest BCUT2D eigenvalue weighted by atomic mass is 19.1. The lowest BCUT2D eigenvalue weighted by Gasteiger charge is -2.03. The monoisotopic (exact) mass is 206 g/mol. The largest absolute Gasteiger partial charge is 0.380 e. The van der Waals surface area contributed by atoms with Crippen LogP contribution in [0.25, 0.3) is 0 Å². The van der Waals surface area contributed by atoms with Crippen LogP contribution in [-0.4, -0.2) is 9.78 Å². The molecule has 0 amide bonds. The number of aryl methyl sites for hydroxylation is 1. The summed E-state index contributed by atoms with van der Waals surface area (Å²) in [7, 11) is 1.77. The topological polar surface area (TPSA) is 55.9 Å². The molecular formula is C10H11FN4. The Labute approximate surface area is 86.5 Å². The van der Waals surface area contributed by atoms with Crippen molar-refractivity contribution in [3.8, 4) is 0 Å². The Hall–Kier alpha value is -2.04. The zero-order valence-corrected chi connectivity index (χ0v) is 8.24. The first kappa shape index (κ1) is 9.51. The van der Waals surface area contributed by atoms with Crippen LogP contribution >= 0.6 is 0 Å². The Kier molecular flexibility index (Phi) is 2.29. The van der Waals surface area contributed by atoms with Gasteiger partial charge in [-0.3, -0.25) is 4.68 Å². The second kappa shape index (κ2) is 3.61. The molecule has 5 heteroatoms. The molecule has 1 aromatic carbocycles. The molecule has 15 heavy (non-hydrogen) atoms. The molecule has 3 N–H and O–H groups in total. The summed E-state index contributed by atoms with van der Waals surface area (Å²) in [6.45, 7) is 0. The normalized spacial score (nSPS) is 10.3. The SMILES string of the molecule is Cn1cc(Nc2cccc(F)c2)c(N)n1. The van der Waals surface area contributed by atoms with Crippen LogP contribution in [0, 0.1) is 5.82 Å². The third-order valence-electron chi connectivity index (χ3n) is 1.96. The van der Waals surface area contributed by atoms with Crippen molar-refractivity contribution in [1.82, 2.24) is 9.78 Å². The molecule has 0 aliphatic heterocycles. The predicted octanol–water partition coefficient (Wildman–Crippen LogP) is 1.88. The van der Waals surface area contributed by atoms with E-state index < -0.39 is 0 Å². The second-order valence-corrected chi connectivity index (χ2v) is 3.24. The van der Waals surface area contributed by atoms with Gasteiger partial charge in [0.15, 0.2) is 5.82 Å². The van der Waals surface area contributed by atoms with Crippen LogP contribution in [0.2, 0.25) is 0 Å². The van der Waals surface area contributed by atoms with Crippen LogP contribution in [0.15, 0.2) is 30.5 Å². The molecule has 1 heterocycles. The number of hydrogen-bond acceptors (Lipinski definition) is 3. The molecule has 78 valence electrons. The highest BCUT2D eigenvalue weighted by Gasteiger charge is 2.03. The summed E-state index contributed by atoms with van der Waals surface area (Å²) >= 11 is 0. The third kappa shape index (κ3) is 2.07. The summed E-state index contributed by atoms with van der Waals surface area (Å²) in [6, 6.07) is 6.17. The van der Waals surface area contributed by atoms with E-state index in [4.69, 9.17) is 5.73 Å². The molecule has 0 saturated carbocycles. The molecular weight excluding hydrogens is 195 g/mol. The number of aromatic nitrogens is 2. The van der Waals surface area contributed by atoms with Crippen LogP contribution in [0.5, 0.6) is 0 Å². The second-order valence-electron chi connectivity index (χ2n) is 3.24. The number of nitrogen functional groups attached to an aromatic ring is 1. The Bertz CT molecular complexity index is 478. The summed E-state index contributed by atoms with van der Waals surface area (Å²) in [5.41, 5.74) is 6.96. The number of hydrogen-bond donors (Lipinski definition) is 2. The molecule has 0 radical (unpaired) electrons. The summed E-state index contributed by atoms with van der Waals surface area (Å²) in [6.07, 6.45) is 1.74. The number of halogens is 1. The number of nitrogens with two attached hydrogens (primary N) is 1. The quantitative estimate of drug-likeness (QED) is 0.788. The minimum atomic E-state index is -0.289. The lowest BCUT2D eigenvalue weighted by atomic mass is 10.3. The number of nitrogens with zero attached hydrogens (tertiary/aromatic N) is 2. The van der Waals surface area contributed by atoms with Gasteiger partial charge in [0, 0.05) is 12.7 Å². The Morgan fingerprint density at radius 2 is 2.27 bits per heavy atom. The van der Waals surface area contributed by atoms with Crippen molar-refractivity contribution in [3.05, 3.63) is 36.3 Å². The van der Waals surface area contributed by atoms with Gasteiger partial charge in [0.2, 0.25) is 0 Å². The van der Waals surface area contributed by atoms with Gasteiger partial charge < -0.3 is 11.1 Å². The van der Waals surface area contributed by atoms with E-state index >= 15 is 0 Å². The van der Waals surface area contributed by atoms with Gasteiger partial charge in [-0.1, -0.05) is 6.07 Å². The number of rotatable bonds is 2. The van der Waals surface area contributed by atoms with Gasteiger partial charge in [0.25, 0.3) is 0 Å². The maximum atomic E-state index is 12.9. The van der Waals surface area contributed by atoms with Gasteiger partial charge in [-0.25, -0.2) is 4.39 Å². The van der Waals surface area contributed by atoms with Crippen molar-refractivity contribution in [2.24, 2.45) is 7.05 Å². The van der Waals surface area contributed by atoms with Crippen LogP contribution in [-0.2, 0) is 7.05 Å². The van der Waals surface area contributed by atoms with Crippen LogP contribution in [0.4, 0.5) is 21.6 Å². The fraction of sp³-hybridized carbons (Fsp3) is 0.100. The van der Waals surface area contributed by atoms with E-state index in [0.717, 1.165) is 0 Å². The standard InChI is InChI=1S/C10H11FN4/c1-15-6-9(10(12)14-15)13-8-4-2-3-7(11)5-8/h2-6,13H,1H3,(H2,12,14). The Morgan fingerprint density at radius 3 is 2.87 bits per heavy atom. The molecule has 0 saturated heterocycles. The van der Waals surface area contributed by atoms with Crippen molar-refractivity contribution >= 4 is 17.2 Å². The zero-order chi connectivity index (χ0) is 10.8. The van der Waals surface area contributed by atoms with Gasteiger partial charge in [-0.05, 0) is 18.2 Å². The summed E-state index contributed by atoms with van der Waals surface area (Å²) in [5, 5.41) is 6.95. The van der Waals surface area contributed by atoms with E-state index in [1.165, 1.54) is 12.1 Å². The molecule has 0 atom stereocenters. The zero-order valence-electron chi connectivity index (χ0n) is 8.24. The fourth-order valence-electron chi connectivity index (χ4n) is 1.32. The Balaban J connectivity index is 2.25. The smallest absolute Gasteiger partial charge is 0.169 e. The molecule has 4 nitrogen and oxygen atoms in total. The fourth-order valence-corrected chi connectivity index (χ4v) is 1.32. The number of benzene rings is 1. The van der Waals surface area contributed by atoms with Gasteiger partial charge in [0.05, 0.1) is 6.20 Å². The highest BCUT2D eigenvalue weighted by Crippen LogP contribution is 2.21. The molecule has 0 unspecified atom stereocenters. The predicted molar refractivity (Wildman–Crippen MR) is 57.3 cm³/mol. The van der Waals surface area contributed by atoms with E-state index in [2.05, 4.69) is 10.4 Å².